The van der Waals surface area contributed by atoms with E-state index in [4.69, 9.17) is 9.37 Å². The van der Waals surface area contributed by atoms with Crippen LogP contribution in [0.3, 0.4) is 0 Å². The van der Waals surface area contributed by atoms with Crippen molar-refractivity contribution >= 4 is 15.9 Å². The second-order valence-electron chi connectivity index (χ2n) is 1.25. The molecule has 0 aliphatic rings. The third kappa shape index (κ3) is 1.51. The first-order valence-electron chi connectivity index (χ1n) is 3.61. The molecule has 0 saturated carbocycles. The van der Waals surface area contributed by atoms with Crippen LogP contribution in [-0.4, -0.2) is 4.98 Å². The number of nitrogens with zero attached hydrogens (tertiary/aromatic N) is 2. The van der Waals surface area contributed by atoms with Gasteiger partial charge in [0.25, 0.3) is 0 Å². The van der Waals surface area contributed by atoms with Crippen LogP contribution < -0.4 is 0 Å². The molecule has 0 aliphatic heterocycles. The SMILES string of the molecule is [2H]c1nc(C#N)c([2H])c([2H])c1Br. The van der Waals surface area contributed by atoms with E-state index in [9.17, 15) is 0 Å². The molecule has 2 nitrogen and oxygen atoms in total. The Morgan fingerprint density at radius 2 is 2.56 bits per heavy atom. The molecule has 1 aromatic rings. The fraction of sp³-hybridized carbons (Fsp3) is 0. The zero-order chi connectivity index (χ0) is 9.30. The third-order valence-electron chi connectivity index (χ3n) is 0.662. The van der Waals surface area contributed by atoms with Crippen LogP contribution >= 0.6 is 15.9 Å². The predicted octanol–water partition coefficient (Wildman–Crippen LogP) is 1.72. The largest absolute Gasteiger partial charge is 0.244 e. The van der Waals surface area contributed by atoms with Gasteiger partial charge in [-0.1, -0.05) is 0 Å². The third-order valence-corrected chi connectivity index (χ3v) is 1.04. The van der Waals surface area contributed by atoms with E-state index in [0.717, 1.165) is 0 Å². The molecule has 0 amide bonds. The van der Waals surface area contributed by atoms with Crippen LogP contribution in [-0.2, 0) is 0 Å². The Morgan fingerprint density at radius 3 is 3.22 bits per heavy atom. The molecule has 0 fully saturated rings. The second kappa shape index (κ2) is 2.60. The lowest BCUT2D eigenvalue weighted by Crippen LogP contribution is -1.77. The molecule has 3 heteroatoms. The summed E-state index contributed by atoms with van der Waals surface area (Å²) in [6.07, 6.45) is -0.187. The van der Waals surface area contributed by atoms with Crippen molar-refractivity contribution in [1.29, 1.82) is 5.26 Å². The van der Waals surface area contributed by atoms with Crippen molar-refractivity contribution in [3.63, 3.8) is 0 Å². The molecular formula is C6H3BrN2. The number of rotatable bonds is 0. The average molecular weight is 186 g/mol. The zero-order valence-corrected chi connectivity index (χ0v) is 5.86. The number of halogens is 1. The fourth-order valence-electron chi connectivity index (χ4n) is 0.328. The number of hydrogen-bond donors (Lipinski definition) is 0. The molecule has 1 aromatic heterocycles. The van der Waals surface area contributed by atoms with Gasteiger partial charge in [-0.2, -0.15) is 5.26 Å². The monoisotopic (exact) mass is 185 g/mol. The van der Waals surface area contributed by atoms with Gasteiger partial charge in [-0.15, -0.1) is 0 Å². The highest BCUT2D eigenvalue weighted by Crippen LogP contribution is 2.05. The maximum Gasteiger partial charge on any atom is 0.140 e. The first-order valence-corrected chi connectivity index (χ1v) is 2.90. The van der Waals surface area contributed by atoms with Gasteiger partial charge in [0.05, 0.1) is 4.11 Å². The lowest BCUT2D eigenvalue weighted by atomic mass is 10.4. The summed E-state index contributed by atoms with van der Waals surface area (Å²) in [5, 5.41) is 8.44. The predicted molar refractivity (Wildman–Crippen MR) is 36.7 cm³/mol. The van der Waals surface area contributed by atoms with Crippen molar-refractivity contribution < 1.29 is 4.11 Å². The maximum atomic E-state index is 8.44. The summed E-state index contributed by atoms with van der Waals surface area (Å²) in [5.74, 6) is 0. The molecule has 1 rings (SSSR count). The van der Waals surface area contributed by atoms with E-state index in [0.29, 0.717) is 0 Å². The van der Waals surface area contributed by atoms with Crippen molar-refractivity contribution in [2.24, 2.45) is 0 Å². The molecule has 0 aliphatic carbocycles. The van der Waals surface area contributed by atoms with Crippen LogP contribution in [0.1, 0.15) is 9.81 Å². The van der Waals surface area contributed by atoms with Crippen LogP contribution in [0.4, 0.5) is 0 Å². The van der Waals surface area contributed by atoms with Crippen LogP contribution in [0, 0.1) is 11.3 Å². The summed E-state index contributed by atoms with van der Waals surface area (Å²) < 4.78 is 21.9. The van der Waals surface area contributed by atoms with Crippen LogP contribution in [0.25, 0.3) is 0 Å². The normalized spacial score (nSPS) is 13.1. The minimum absolute atomic E-state index is 0.145. The highest BCUT2D eigenvalue weighted by Gasteiger charge is 1.87. The highest BCUT2D eigenvalue weighted by molar-refractivity contribution is 9.10. The summed E-state index contributed by atoms with van der Waals surface area (Å²) in [6.45, 7) is 0. The number of pyridine rings is 1. The summed E-state index contributed by atoms with van der Waals surface area (Å²) in [7, 11) is 0. The molecule has 0 radical (unpaired) electrons. The van der Waals surface area contributed by atoms with Gasteiger partial charge < -0.3 is 0 Å². The van der Waals surface area contributed by atoms with E-state index < -0.39 is 0 Å². The van der Waals surface area contributed by atoms with E-state index in [1.807, 2.05) is 0 Å². The van der Waals surface area contributed by atoms with Crippen molar-refractivity contribution in [2.45, 2.75) is 0 Å². The lowest BCUT2D eigenvalue weighted by Gasteiger charge is -1.85. The van der Waals surface area contributed by atoms with Gasteiger partial charge in [-0.05, 0) is 28.0 Å². The van der Waals surface area contributed by atoms with E-state index in [2.05, 4.69) is 20.9 Å². The second-order valence-corrected chi connectivity index (χ2v) is 2.04. The first kappa shape index (κ1) is 3.33. The van der Waals surface area contributed by atoms with Gasteiger partial charge in [-0.25, -0.2) is 4.98 Å². The van der Waals surface area contributed by atoms with Gasteiger partial charge in [0, 0.05) is 10.6 Å². The van der Waals surface area contributed by atoms with Crippen LogP contribution in [0.2, 0.25) is 0 Å². The van der Waals surface area contributed by atoms with Crippen molar-refractivity contribution in [3.05, 3.63) is 28.4 Å². The molecule has 0 N–H and O–H groups in total. The summed E-state index contributed by atoms with van der Waals surface area (Å²) in [6, 6.07) is 1.22. The summed E-state index contributed by atoms with van der Waals surface area (Å²) >= 11 is 2.93. The number of aromatic nitrogens is 1. The molecule has 1 heterocycles. The topological polar surface area (TPSA) is 36.7 Å². The zero-order valence-electron chi connectivity index (χ0n) is 7.27. The molecular weight excluding hydrogens is 180 g/mol. The molecule has 0 spiro atoms. The van der Waals surface area contributed by atoms with E-state index in [1.54, 1.807) is 6.07 Å². The van der Waals surface area contributed by atoms with Crippen LogP contribution in [0.5, 0.6) is 0 Å². The summed E-state index contributed by atoms with van der Waals surface area (Å²) in [5.41, 5.74) is -0.187. The van der Waals surface area contributed by atoms with Crippen LogP contribution in [0.15, 0.2) is 22.7 Å². The Hall–Kier alpha value is -0.880. The lowest BCUT2D eigenvalue weighted by molar-refractivity contribution is 1.25. The number of hydrogen-bond acceptors (Lipinski definition) is 2. The molecule has 0 bridgehead atoms. The van der Waals surface area contributed by atoms with E-state index in [-0.39, 0.29) is 28.4 Å². The number of nitriles is 1. The van der Waals surface area contributed by atoms with Gasteiger partial charge in [0.15, 0.2) is 0 Å². The summed E-state index contributed by atoms with van der Waals surface area (Å²) in [4.78, 5) is 3.50. The molecule has 0 unspecified atom stereocenters. The van der Waals surface area contributed by atoms with E-state index >= 15 is 0 Å². The van der Waals surface area contributed by atoms with Gasteiger partial charge in [0.2, 0.25) is 0 Å². The highest BCUT2D eigenvalue weighted by atomic mass is 79.9. The maximum absolute atomic E-state index is 8.44. The molecule has 0 atom stereocenters. The van der Waals surface area contributed by atoms with Gasteiger partial charge in [-0.3, -0.25) is 0 Å². The average Bonchev–Trinajstić information content (AvgIpc) is 2.08. The first-order chi connectivity index (χ1) is 5.57. The van der Waals surface area contributed by atoms with E-state index in [1.165, 1.54) is 0 Å². The smallest absolute Gasteiger partial charge is 0.140 e. The molecule has 0 saturated heterocycles. The Balaban J connectivity index is 3.52. The Morgan fingerprint density at radius 1 is 1.78 bits per heavy atom. The standard InChI is InChI=1S/C6H3BrN2/c7-5-1-2-6(3-8)9-4-5/h1-2,4H/i1D,2D,4D. The fourth-order valence-corrected chi connectivity index (χ4v) is 0.516. The quantitative estimate of drug-likeness (QED) is 0.618. The minimum Gasteiger partial charge on any atom is -0.244 e. The van der Waals surface area contributed by atoms with Crippen molar-refractivity contribution in [2.75, 3.05) is 0 Å². The van der Waals surface area contributed by atoms with Gasteiger partial charge >= 0.3 is 0 Å². The minimum atomic E-state index is -0.250. The Bertz CT molecular complexity index is 372. The molecule has 44 valence electrons. The molecule has 0 aromatic carbocycles. The molecule has 9 heavy (non-hydrogen) atoms. The Kier molecular flexibility index (Phi) is 0.963. The Labute approximate surface area is 65.5 Å². The van der Waals surface area contributed by atoms with Crippen molar-refractivity contribution in [1.82, 2.24) is 4.98 Å². The van der Waals surface area contributed by atoms with Gasteiger partial charge in [0.1, 0.15) is 11.8 Å². The van der Waals surface area contributed by atoms with Crippen molar-refractivity contribution in [3.8, 4) is 6.07 Å².